The Labute approximate surface area is 141 Å². The maximum absolute atomic E-state index is 11.3. The lowest BCUT2D eigenvalue weighted by Crippen LogP contribution is -2.04. The largest absolute Gasteiger partial charge is 0.489 e. The fourth-order valence-corrected chi connectivity index (χ4v) is 2.62. The number of aryl methyl sites for hydroxylation is 1. The van der Waals surface area contributed by atoms with Crippen molar-refractivity contribution in [3.05, 3.63) is 71.4 Å². The summed E-state index contributed by atoms with van der Waals surface area (Å²) in [6.07, 6.45) is 0.269. The van der Waals surface area contributed by atoms with Crippen LogP contribution in [-0.2, 0) is 22.6 Å². The van der Waals surface area contributed by atoms with E-state index in [-0.39, 0.29) is 12.4 Å². The van der Waals surface area contributed by atoms with Gasteiger partial charge in [-0.1, -0.05) is 30.3 Å². The molecule has 0 amide bonds. The van der Waals surface area contributed by atoms with E-state index in [1.54, 1.807) is 0 Å². The van der Waals surface area contributed by atoms with Crippen LogP contribution in [0.15, 0.2) is 54.6 Å². The van der Waals surface area contributed by atoms with Gasteiger partial charge in [0.2, 0.25) is 0 Å². The van der Waals surface area contributed by atoms with Crippen molar-refractivity contribution in [3.8, 4) is 5.75 Å². The molecule has 3 aromatic rings. The van der Waals surface area contributed by atoms with Crippen LogP contribution in [0, 0.1) is 6.92 Å². The van der Waals surface area contributed by atoms with Crippen molar-refractivity contribution in [3.63, 3.8) is 0 Å². The summed E-state index contributed by atoms with van der Waals surface area (Å²) < 4.78 is 10.6. The van der Waals surface area contributed by atoms with Gasteiger partial charge in [0, 0.05) is 16.6 Å². The molecule has 0 saturated carbocycles. The van der Waals surface area contributed by atoms with Gasteiger partial charge < -0.3 is 9.47 Å². The van der Waals surface area contributed by atoms with Crippen molar-refractivity contribution >= 4 is 16.9 Å². The molecule has 0 fully saturated rings. The number of ether oxygens (including phenoxy) is 2. The van der Waals surface area contributed by atoms with Crippen molar-refractivity contribution in [2.45, 2.75) is 20.0 Å². The molecule has 4 nitrogen and oxygen atoms in total. The molecule has 24 heavy (non-hydrogen) atoms. The van der Waals surface area contributed by atoms with E-state index >= 15 is 0 Å². The number of fused-ring (bicyclic) bond motifs is 1. The van der Waals surface area contributed by atoms with E-state index in [4.69, 9.17) is 4.74 Å². The van der Waals surface area contributed by atoms with Crippen molar-refractivity contribution in [1.29, 1.82) is 0 Å². The molecular formula is C20H19NO3. The fraction of sp³-hybridized carbons (Fsp3) is 0.200. The SMILES string of the molecule is COC(=O)Cc1ccc(OCc2cc(C)nc3ccccc23)cc1. The molecule has 4 heteroatoms. The first-order valence-corrected chi connectivity index (χ1v) is 7.79. The summed E-state index contributed by atoms with van der Waals surface area (Å²) in [6, 6.07) is 17.6. The van der Waals surface area contributed by atoms with Crippen LogP contribution < -0.4 is 4.74 Å². The number of hydrogen-bond acceptors (Lipinski definition) is 4. The molecule has 0 N–H and O–H groups in total. The summed E-state index contributed by atoms with van der Waals surface area (Å²) in [5.41, 5.74) is 3.96. The molecular weight excluding hydrogens is 302 g/mol. The molecule has 1 aromatic heterocycles. The average molecular weight is 321 g/mol. The molecule has 0 aliphatic carbocycles. The fourth-order valence-electron chi connectivity index (χ4n) is 2.62. The van der Waals surface area contributed by atoms with E-state index in [1.807, 2.05) is 55.5 Å². The first-order valence-electron chi connectivity index (χ1n) is 7.79. The Kier molecular flexibility index (Phi) is 4.75. The molecule has 0 saturated heterocycles. The van der Waals surface area contributed by atoms with Gasteiger partial charge in [-0.2, -0.15) is 0 Å². The van der Waals surface area contributed by atoms with E-state index in [2.05, 4.69) is 15.8 Å². The van der Waals surface area contributed by atoms with Crippen molar-refractivity contribution < 1.29 is 14.3 Å². The predicted molar refractivity (Wildman–Crippen MR) is 93.0 cm³/mol. The van der Waals surface area contributed by atoms with Crippen molar-refractivity contribution in [1.82, 2.24) is 4.98 Å². The smallest absolute Gasteiger partial charge is 0.309 e. The number of rotatable bonds is 5. The number of benzene rings is 2. The quantitative estimate of drug-likeness (QED) is 0.670. The number of carbonyl (C=O) groups excluding carboxylic acids is 1. The van der Waals surface area contributed by atoms with Gasteiger partial charge in [-0.25, -0.2) is 0 Å². The number of nitrogens with zero attached hydrogens (tertiary/aromatic N) is 1. The van der Waals surface area contributed by atoms with Crippen LogP contribution in [0.3, 0.4) is 0 Å². The van der Waals surface area contributed by atoms with Gasteiger partial charge in [-0.3, -0.25) is 9.78 Å². The molecule has 0 bridgehead atoms. The second kappa shape index (κ2) is 7.13. The Morgan fingerprint density at radius 2 is 1.83 bits per heavy atom. The van der Waals surface area contributed by atoms with E-state index in [0.717, 1.165) is 33.5 Å². The third-order valence-electron chi connectivity index (χ3n) is 3.82. The summed E-state index contributed by atoms with van der Waals surface area (Å²) in [5.74, 6) is 0.518. The Bertz CT molecular complexity index is 856. The standard InChI is InChI=1S/C20H19NO3/c1-14-11-16(18-5-3-4-6-19(18)21-14)13-24-17-9-7-15(8-10-17)12-20(22)23-2/h3-11H,12-13H2,1-2H3. The van der Waals surface area contributed by atoms with Crippen molar-refractivity contribution in [2.75, 3.05) is 7.11 Å². The second-order valence-corrected chi connectivity index (χ2v) is 5.63. The van der Waals surface area contributed by atoms with Gasteiger partial charge in [-0.15, -0.1) is 0 Å². The minimum absolute atomic E-state index is 0.248. The van der Waals surface area contributed by atoms with E-state index < -0.39 is 0 Å². The third-order valence-corrected chi connectivity index (χ3v) is 3.82. The highest BCUT2D eigenvalue weighted by molar-refractivity contribution is 5.82. The normalized spacial score (nSPS) is 10.6. The Morgan fingerprint density at radius 1 is 1.08 bits per heavy atom. The zero-order valence-corrected chi connectivity index (χ0v) is 13.8. The Morgan fingerprint density at radius 3 is 2.58 bits per heavy atom. The topological polar surface area (TPSA) is 48.4 Å². The monoisotopic (exact) mass is 321 g/mol. The highest BCUT2D eigenvalue weighted by Gasteiger charge is 2.06. The molecule has 0 unspecified atom stereocenters. The number of pyridine rings is 1. The molecule has 2 aromatic carbocycles. The molecule has 0 aliphatic rings. The van der Waals surface area contributed by atoms with Gasteiger partial charge >= 0.3 is 5.97 Å². The zero-order chi connectivity index (χ0) is 16.9. The summed E-state index contributed by atoms with van der Waals surface area (Å²) in [6.45, 7) is 2.46. The third kappa shape index (κ3) is 3.71. The highest BCUT2D eigenvalue weighted by Crippen LogP contribution is 2.21. The lowest BCUT2D eigenvalue weighted by atomic mass is 10.1. The summed E-state index contributed by atoms with van der Waals surface area (Å²) in [7, 11) is 1.39. The minimum Gasteiger partial charge on any atom is -0.489 e. The Hall–Kier alpha value is -2.88. The summed E-state index contributed by atoms with van der Waals surface area (Å²) in [5, 5.41) is 1.10. The molecule has 1 heterocycles. The maximum Gasteiger partial charge on any atom is 0.309 e. The molecule has 0 aliphatic heterocycles. The summed E-state index contributed by atoms with van der Waals surface area (Å²) >= 11 is 0. The van der Waals surface area contributed by atoms with Gasteiger partial charge in [-0.05, 0) is 36.8 Å². The van der Waals surface area contributed by atoms with Crippen molar-refractivity contribution in [2.24, 2.45) is 0 Å². The predicted octanol–water partition coefficient (Wildman–Crippen LogP) is 3.84. The molecule has 3 rings (SSSR count). The number of methoxy groups -OCH3 is 1. The van der Waals surface area contributed by atoms with Crippen LogP contribution in [-0.4, -0.2) is 18.1 Å². The minimum atomic E-state index is -0.248. The lowest BCUT2D eigenvalue weighted by Gasteiger charge is -2.10. The number of para-hydroxylation sites is 1. The zero-order valence-electron chi connectivity index (χ0n) is 13.8. The molecule has 122 valence electrons. The highest BCUT2D eigenvalue weighted by atomic mass is 16.5. The molecule has 0 atom stereocenters. The number of esters is 1. The lowest BCUT2D eigenvalue weighted by molar-refractivity contribution is -0.139. The Balaban J connectivity index is 1.73. The maximum atomic E-state index is 11.3. The van der Waals surface area contributed by atoms with Gasteiger partial charge in [0.25, 0.3) is 0 Å². The van der Waals surface area contributed by atoms with Crippen LogP contribution in [0.4, 0.5) is 0 Å². The first-order chi connectivity index (χ1) is 11.7. The molecule has 0 radical (unpaired) electrons. The van der Waals surface area contributed by atoms with E-state index in [1.165, 1.54) is 7.11 Å². The second-order valence-electron chi connectivity index (χ2n) is 5.63. The van der Waals surface area contributed by atoms with Crippen LogP contribution in [0.5, 0.6) is 5.75 Å². The average Bonchev–Trinajstić information content (AvgIpc) is 2.60. The number of aromatic nitrogens is 1. The number of hydrogen-bond donors (Lipinski definition) is 0. The van der Waals surface area contributed by atoms with Crippen LogP contribution in [0.25, 0.3) is 10.9 Å². The first kappa shape index (κ1) is 16.0. The van der Waals surface area contributed by atoms with Crippen LogP contribution >= 0.6 is 0 Å². The molecule has 0 spiro atoms. The van der Waals surface area contributed by atoms with Gasteiger partial charge in [0.05, 0.1) is 19.0 Å². The van der Waals surface area contributed by atoms with Gasteiger partial charge in [0.15, 0.2) is 0 Å². The number of carbonyl (C=O) groups is 1. The van der Waals surface area contributed by atoms with Crippen LogP contribution in [0.2, 0.25) is 0 Å². The van der Waals surface area contributed by atoms with E-state index in [9.17, 15) is 4.79 Å². The van der Waals surface area contributed by atoms with Gasteiger partial charge in [0.1, 0.15) is 12.4 Å². The van der Waals surface area contributed by atoms with Crippen LogP contribution in [0.1, 0.15) is 16.8 Å². The summed E-state index contributed by atoms with van der Waals surface area (Å²) in [4.78, 5) is 15.8. The van der Waals surface area contributed by atoms with E-state index in [0.29, 0.717) is 6.61 Å².